The number of amides is 1. The topological polar surface area (TPSA) is 66.4 Å². The lowest BCUT2D eigenvalue weighted by molar-refractivity contribution is -0.143. The van der Waals surface area contributed by atoms with E-state index in [1.54, 1.807) is 0 Å². The van der Waals surface area contributed by atoms with E-state index in [2.05, 4.69) is 5.32 Å². The molecule has 114 valence electrons. The fraction of sp³-hybridized carbons (Fsp3) is 0.467. The van der Waals surface area contributed by atoms with Gasteiger partial charge in [0.2, 0.25) is 0 Å². The minimum absolute atomic E-state index is 0.0853. The van der Waals surface area contributed by atoms with E-state index in [4.69, 9.17) is 16.7 Å². The molecule has 1 fully saturated rings. The predicted octanol–water partition coefficient (Wildman–Crippen LogP) is 3.10. The molecule has 2 rings (SSSR count). The van der Waals surface area contributed by atoms with Gasteiger partial charge in [-0.2, -0.15) is 0 Å². The van der Waals surface area contributed by atoms with Gasteiger partial charge in [-0.1, -0.05) is 11.6 Å². The minimum Gasteiger partial charge on any atom is -0.481 e. The van der Waals surface area contributed by atoms with E-state index >= 15 is 0 Å². The fourth-order valence-electron chi connectivity index (χ4n) is 2.62. The molecule has 0 saturated heterocycles. The van der Waals surface area contributed by atoms with Gasteiger partial charge in [0.05, 0.1) is 16.5 Å². The molecule has 1 aromatic carbocycles. The fourth-order valence-corrected chi connectivity index (χ4v) is 2.87. The van der Waals surface area contributed by atoms with Crippen LogP contribution in [0.15, 0.2) is 18.2 Å². The normalized spacial score (nSPS) is 21.8. The molecule has 0 radical (unpaired) electrons. The molecule has 0 spiro atoms. The number of halogens is 2. The maximum atomic E-state index is 12.9. The average molecular weight is 314 g/mol. The third-order valence-corrected chi connectivity index (χ3v) is 4.24. The summed E-state index contributed by atoms with van der Waals surface area (Å²) in [4.78, 5) is 22.8. The summed E-state index contributed by atoms with van der Waals surface area (Å²) in [5.41, 5.74) is 0.247. The molecule has 0 aliphatic heterocycles. The van der Waals surface area contributed by atoms with Gasteiger partial charge in [-0.05, 0) is 49.8 Å². The van der Waals surface area contributed by atoms with Crippen LogP contribution in [0.2, 0.25) is 5.02 Å². The van der Waals surface area contributed by atoms with E-state index < -0.39 is 11.8 Å². The van der Waals surface area contributed by atoms with E-state index in [1.165, 1.54) is 12.1 Å². The standard InChI is InChI=1S/C15H17ClFNO3/c16-13-7-11(17)5-6-12(13)14(19)18-8-9-1-3-10(4-2-9)15(20)21/h5-7,9-10H,1-4,8H2,(H,18,19)(H,20,21). The number of aliphatic carboxylic acids is 1. The average Bonchev–Trinajstić information content (AvgIpc) is 2.45. The highest BCUT2D eigenvalue weighted by molar-refractivity contribution is 6.33. The van der Waals surface area contributed by atoms with Crippen molar-refractivity contribution >= 4 is 23.5 Å². The summed E-state index contributed by atoms with van der Waals surface area (Å²) in [6.07, 6.45) is 2.86. The minimum atomic E-state index is -0.740. The number of hydrogen-bond donors (Lipinski definition) is 2. The van der Waals surface area contributed by atoms with Gasteiger partial charge in [-0.3, -0.25) is 9.59 Å². The second-order valence-corrected chi connectivity index (χ2v) is 5.80. The summed E-state index contributed by atoms with van der Waals surface area (Å²) in [5, 5.41) is 11.8. The van der Waals surface area contributed by atoms with Gasteiger partial charge in [0.25, 0.3) is 5.91 Å². The highest BCUT2D eigenvalue weighted by Crippen LogP contribution is 2.28. The molecule has 0 bridgehead atoms. The molecule has 0 aromatic heterocycles. The molecule has 0 unspecified atom stereocenters. The molecule has 1 aliphatic carbocycles. The zero-order valence-corrected chi connectivity index (χ0v) is 12.2. The van der Waals surface area contributed by atoms with Crippen molar-refractivity contribution in [3.8, 4) is 0 Å². The first-order valence-corrected chi connectivity index (χ1v) is 7.31. The molecule has 2 N–H and O–H groups in total. The Labute approximate surface area is 127 Å². The van der Waals surface area contributed by atoms with Crippen molar-refractivity contribution in [3.63, 3.8) is 0 Å². The first-order chi connectivity index (χ1) is 9.97. The van der Waals surface area contributed by atoms with Crippen molar-refractivity contribution < 1.29 is 19.1 Å². The van der Waals surface area contributed by atoms with Crippen LogP contribution in [0, 0.1) is 17.7 Å². The largest absolute Gasteiger partial charge is 0.481 e. The zero-order valence-electron chi connectivity index (χ0n) is 11.4. The first-order valence-electron chi connectivity index (χ1n) is 6.93. The zero-order chi connectivity index (χ0) is 15.4. The van der Waals surface area contributed by atoms with Crippen molar-refractivity contribution in [2.75, 3.05) is 6.54 Å². The van der Waals surface area contributed by atoms with E-state index in [1.807, 2.05) is 0 Å². The van der Waals surface area contributed by atoms with Crippen LogP contribution in [0.1, 0.15) is 36.0 Å². The van der Waals surface area contributed by atoms with Gasteiger partial charge in [-0.25, -0.2) is 4.39 Å². The summed E-state index contributed by atoms with van der Waals surface area (Å²) < 4.78 is 12.9. The monoisotopic (exact) mass is 313 g/mol. The van der Waals surface area contributed by atoms with Gasteiger partial charge >= 0.3 is 5.97 Å². The van der Waals surface area contributed by atoms with E-state index in [0.717, 1.165) is 18.9 Å². The summed E-state index contributed by atoms with van der Waals surface area (Å²) in [6.45, 7) is 0.485. The molecule has 0 atom stereocenters. The summed E-state index contributed by atoms with van der Waals surface area (Å²) >= 11 is 5.83. The van der Waals surface area contributed by atoms with Crippen LogP contribution in [-0.4, -0.2) is 23.5 Å². The van der Waals surface area contributed by atoms with Gasteiger partial charge in [0.15, 0.2) is 0 Å². The second kappa shape index (κ2) is 6.89. The molecule has 0 heterocycles. The number of nitrogens with one attached hydrogen (secondary N) is 1. The molecular formula is C15H17ClFNO3. The van der Waals surface area contributed by atoms with Gasteiger partial charge in [-0.15, -0.1) is 0 Å². The van der Waals surface area contributed by atoms with Crippen molar-refractivity contribution in [1.82, 2.24) is 5.32 Å². The molecule has 4 nitrogen and oxygen atoms in total. The smallest absolute Gasteiger partial charge is 0.306 e. The third-order valence-electron chi connectivity index (χ3n) is 3.92. The lowest BCUT2D eigenvalue weighted by Crippen LogP contribution is -2.32. The van der Waals surface area contributed by atoms with Gasteiger partial charge < -0.3 is 10.4 Å². The van der Waals surface area contributed by atoms with Crippen molar-refractivity contribution in [1.29, 1.82) is 0 Å². The Hall–Kier alpha value is -1.62. The van der Waals surface area contributed by atoms with Crippen molar-refractivity contribution in [2.45, 2.75) is 25.7 Å². The van der Waals surface area contributed by atoms with Gasteiger partial charge in [0.1, 0.15) is 5.82 Å². The number of benzene rings is 1. The van der Waals surface area contributed by atoms with E-state index in [0.29, 0.717) is 19.4 Å². The Morgan fingerprint density at radius 2 is 1.95 bits per heavy atom. The maximum absolute atomic E-state index is 12.9. The Morgan fingerprint density at radius 3 is 2.52 bits per heavy atom. The van der Waals surface area contributed by atoms with E-state index in [-0.39, 0.29) is 28.3 Å². The van der Waals surface area contributed by atoms with Crippen LogP contribution >= 0.6 is 11.6 Å². The molecule has 1 saturated carbocycles. The molecular weight excluding hydrogens is 297 g/mol. The van der Waals surface area contributed by atoms with Crippen LogP contribution in [0.25, 0.3) is 0 Å². The van der Waals surface area contributed by atoms with Crippen molar-refractivity contribution in [2.24, 2.45) is 11.8 Å². The Morgan fingerprint density at radius 1 is 1.29 bits per heavy atom. The molecule has 1 amide bonds. The van der Waals surface area contributed by atoms with Crippen LogP contribution < -0.4 is 5.32 Å². The lowest BCUT2D eigenvalue weighted by Gasteiger charge is -2.26. The first kappa shape index (κ1) is 15.8. The maximum Gasteiger partial charge on any atom is 0.306 e. The molecule has 1 aliphatic rings. The number of rotatable bonds is 4. The summed E-state index contributed by atoms with van der Waals surface area (Å²) in [5.74, 6) is -1.54. The SMILES string of the molecule is O=C(NCC1CCC(C(=O)O)CC1)c1ccc(F)cc1Cl. The lowest BCUT2D eigenvalue weighted by atomic mass is 9.82. The summed E-state index contributed by atoms with van der Waals surface area (Å²) in [7, 11) is 0. The van der Waals surface area contributed by atoms with Crippen LogP contribution in [0.3, 0.4) is 0 Å². The third kappa shape index (κ3) is 4.17. The number of carbonyl (C=O) groups is 2. The number of carboxylic acids is 1. The number of hydrogen-bond acceptors (Lipinski definition) is 2. The highest BCUT2D eigenvalue weighted by atomic mass is 35.5. The second-order valence-electron chi connectivity index (χ2n) is 5.39. The van der Waals surface area contributed by atoms with Crippen LogP contribution in [0.5, 0.6) is 0 Å². The molecule has 1 aromatic rings. The highest BCUT2D eigenvalue weighted by Gasteiger charge is 2.26. The summed E-state index contributed by atoms with van der Waals surface area (Å²) in [6, 6.07) is 3.65. The predicted molar refractivity (Wildman–Crippen MR) is 76.8 cm³/mol. The van der Waals surface area contributed by atoms with Crippen LogP contribution in [-0.2, 0) is 4.79 Å². The Balaban J connectivity index is 1.83. The van der Waals surface area contributed by atoms with Crippen LogP contribution in [0.4, 0.5) is 4.39 Å². The Bertz CT molecular complexity index is 542. The quantitative estimate of drug-likeness (QED) is 0.897. The number of carbonyl (C=O) groups excluding carboxylic acids is 1. The molecule has 21 heavy (non-hydrogen) atoms. The van der Waals surface area contributed by atoms with E-state index in [9.17, 15) is 14.0 Å². The van der Waals surface area contributed by atoms with Crippen molar-refractivity contribution in [3.05, 3.63) is 34.6 Å². The number of carboxylic acid groups (broad SMARTS) is 1. The molecule has 6 heteroatoms. The van der Waals surface area contributed by atoms with Gasteiger partial charge in [0, 0.05) is 6.54 Å². The Kier molecular flexibility index (Phi) is 5.17.